The number of ketones is 1. The lowest BCUT2D eigenvalue weighted by Crippen LogP contribution is -2.49. The molecule has 29 heavy (non-hydrogen) atoms. The van der Waals surface area contributed by atoms with E-state index in [1.54, 1.807) is 11.9 Å². The fourth-order valence-electron chi connectivity index (χ4n) is 5.05. The van der Waals surface area contributed by atoms with Crippen LogP contribution in [0.2, 0.25) is 0 Å². The molecule has 0 spiro atoms. The van der Waals surface area contributed by atoms with Gasteiger partial charge in [0.2, 0.25) is 0 Å². The van der Waals surface area contributed by atoms with Crippen molar-refractivity contribution < 1.29 is 10.3 Å². The van der Waals surface area contributed by atoms with Crippen molar-refractivity contribution in [3.05, 3.63) is 59.2 Å². The number of likely N-dealkylation sites (N-methyl/N-ethyl adjacent to an activating group) is 1. The summed E-state index contributed by atoms with van der Waals surface area (Å²) in [6.45, 7) is 0.243. The Morgan fingerprint density at radius 3 is 2.83 bits per heavy atom. The highest BCUT2D eigenvalue weighted by Crippen LogP contribution is 2.50. The summed E-state index contributed by atoms with van der Waals surface area (Å²) in [7, 11) is 1.64. The normalized spacial score (nSPS) is 28.6. The molecule has 4 heteroatoms. The minimum atomic E-state index is -2.12. The van der Waals surface area contributed by atoms with E-state index < -0.39 is 13.0 Å². The van der Waals surface area contributed by atoms with E-state index in [1.165, 1.54) is 4.90 Å². The predicted octanol–water partition coefficient (Wildman–Crippen LogP) is 4.09. The molecule has 4 nitrogen and oxygen atoms in total. The van der Waals surface area contributed by atoms with Crippen LogP contribution in [0, 0.1) is 6.92 Å². The highest BCUT2D eigenvalue weighted by atomic mass is 16.1. The Hall–Kier alpha value is -2.33. The van der Waals surface area contributed by atoms with Crippen molar-refractivity contribution in [2.75, 3.05) is 49.5 Å². The number of carbonyl (C=O) groups excluding carboxylic acids is 1. The highest BCUT2D eigenvalue weighted by Gasteiger charge is 2.44. The number of hydrogen-bond donors (Lipinski definition) is 0. The molecule has 2 atom stereocenters. The SMILES string of the molecule is [2H]C1([2H])N(C)c2cccc3c2N(C2CCN(CCCC(=O)c4ccc(C)cc4)CC32)C1([2H])[2H]. The molecule has 3 aliphatic heterocycles. The fraction of sp³-hybridized carbons (Fsp3) is 0.480. The third-order valence-corrected chi connectivity index (χ3v) is 6.63. The molecule has 2 unspecified atom stereocenters. The summed E-state index contributed by atoms with van der Waals surface area (Å²) in [5, 5.41) is 0. The zero-order chi connectivity index (χ0) is 23.5. The van der Waals surface area contributed by atoms with E-state index in [1.807, 2.05) is 43.3 Å². The lowest BCUT2D eigenvalue weighted by Gasteiger charge is -2.41. The first-order chi connectivity index (χ1) is 15.6. The summed E-state index contributed by atoms with van der Waals surface area (Å²) in [4.78, 5) is 18.1. The van der Waals surface area contributed by atoms with Crippen molar-refractivity contribution in [1.82, 2.24) is 4.90 Å². The molecular weight excluding hydrogens is 358 g/mol. The van der Waals surface area contributed by atoms with E-state index in [9.17, 15) is 4.79 Å². The van der Waals surface area contributed by atoms with Gasteiger partial charge in [-0.05, 0) is 37.9 Å². The lowest BCUT2D eigenvalue weighted by atomic mass is 9.89. The number of piperidine rings is 1. The molecule has 3 heterocycles. The van der Waals surface area contributed by atoms with E-state index in [0.717, 1.165) is 60.5 Å². The molecule has 2 aromatic carbocycles. The number of carbonyl (C=O) groups is 1. The topological polar surface area (TPSA) is 26.8 Å². The zero-order valence-corrected chi connectivity index (χ0v) is 17.2. The monoisotopic (exact) mass is 393 g/mol. The van der Waals surface area contributed by atoms with E-state index >= 15 is 0 Å². The Morgan fingerprint density at radius 1 is 1.17 bits per heavy atom. The van der Waals surface area contributed by atoms with Crippen molar-refractivity contribution in [2.24, 2.45) is 0 Å². The third kappa shape index (κ3) is 3.33. The van der Waals surface area contributed by atoms with Crippen molar-refractivity contribution in [3.63, 3.8) is 0 Å². The maximum Gasteiger partial charge on any atom is 0.162 e. The summed E-state index contributed by atoms with van der Waals surface area (Å²) < 4.78 is 34.5. The summed E-state index contributed by atoms with van der Waals surface area (Å²) in [5.41, 5.74) is 4.65. The Bertz CT molecular complexity index is 1070. The summed E-state index contributed by atoms with van der Waals surface area (Å²) in [6, 6.07) is 13.6. The smallest absolute Gasteiger partial charge is 0.162 e. The van der Waals surface area contributed by atoms with Crippen LogP contribution in [0.1, 0.15) is 52.1 Å². The minimum Gasteiger partial charge on any atom is -0.371 e. The van der Waals surface area contributed by atoms with E-state index in [2.05, 4.69) is 11.0 Å². The van der Waals surface area contributed by atoms with Gasteiger partial charge in [0.1, 0.15) is 0 Å². The van der Waals surface area contributed by atoms with E-state index in [0.29, 0.717) is 6.42 Å². The van der Waals surface area contributed by atoms with Crippen molar-refractivity contribution in [1.29, 1.82) is 0 Å². The second-order valence-corrected chi connectivity index (χ2v) is 8.52. The number of anilines is 2. The number of likely N-dealkylation sites (tertiary alicyclic amines) is 1. The third-order valence-electron chi connectivity index (χ3n) is 6.63. The van der Waals surface area contributed by atoms with Crippen molar-refractivity contribution >= 4 is 17.2 Å². The molecule has 1 saturated heterocycles. The van der Waals surface area contributed by atoms with Crippen LogP contribution in [-0.4, -0.2) is 56.4 Å². The number of fused-ring (bicyclic) bond motifs is 3. The number of Topliss-reactive ketones (excluding diaryl/α,β-unsaturated/α-hetero) is 1. The van der Waals surface area contributed by atoms with Crippen molar-refractivity contribution in [3.8, 4) is 0 Å². The number of para-hydroxylation sites is 1. The largest absolute Gasteiger partial charge is 0.371 e. The second kappa shape index (κ2) is 7.49. The number of nitrogens with zero attached hydrogens (tertiary/aromatic N) is 3. The molecule has 3 aliphatic rings. The number of benzene rings is 2. The molecule has 0 aromatic heterocycles. The Balaban J connectivity index is 1.30. The average Bonchev–Trinajstić information content (AvgIpc) is 3.12. The Labute approximate surface area is 179 Å². The van der Waals surface area contributed by atoms with Gasteiger partial charge in [0.05, 0.1) is 16.9 Å². The van der Waals surface area contributed by atoms with Gasteiger partial charge in [-0.25, -0.2) is 0 Å². The maximum atomic E-state index is 12.5. The molecule has 2 aromatic rings. The summed E-state index contributed by atoms with van der Waals surface area (Å²) >= 11 is 0. The van der Waals surface area contributed by atoms with Crippen LogP contribution < -0.4 is 9.80 Å². The molecule has 152 valence electrons. The maximum absolute atomic E-state index is 12.5. The van der Waals surface area contributed by atoms with Crippen LogP contribution in [0.5, 0.6) is 0 Å². The standard InChI is InChI=1S/C25H31N3O/c1-18-8-10-19(11-9-18)24(29)7-4-13-27-14-12-22-21(17-27)20-5-3-6-23-25(20)28(22)16-15-26(23)2/h3,5-6,8-11,21-22H,4,7,12-17H2,1-2H3/i15D2,16D2. The van der Waals surface area contributed by atoms with E-state index in [-0.39, 0.29) is 17.7 Å². The van der Waals surface area contributed by atoms with Crippen LogP contribution in [0.3, 0.4) is 0 Å². The molecule has 1 fully saturated rings. The van der Waals surface area contributed by atoms with Crippen molar-refractivity contribution in [2.45, 2.75) is 38.1 Å². The van der Waals surface area contributed by atoms with Gasteiger partial charge >= 0.3 is 0 Å². The molecular formula is C25H31N3O. The van der Waals surface area contributed by atoms with Gasteiger partial charge in [0, 0.05) is 57.1 Å². The summed E-state index contributed by atoms with van der Waals surface area (Å²) in [5.74, 6) is 0.315. The first-order valence-corrected chi connectivity index (χ1v) is 10.6. The molecule has 0 N–H and O–H groups in total. The molecule has 0 bridgehead atoms. The molecule has 0 aliphatic carbocycles. The minimum absolute atomic E-state index is 0.0506. The quantitative estimate of drug-likeness (QED) is 0.715. The predicted molar refractivity (Wildman–Crippen MR) is 119 cm³/mol. The first-order valence-electron chi connectivity index (χ1n) is 12.6. The van der Waals surface area contributed by atoms with Crippen LogP contribution >= 0.6 is 0 Å². The lowest BCUT2D eigenvalue weighted by molar-refractivity contribution is 0.0971. The molecule has 0 saturated carbocycles. The van der Waals surface area contributed by atoms with E-state index in [4.69, 9.17) is 5.48 Å². The number of hydrogen-bond acceptors (Lipinski definition) is 4. The van der Waals surface area contributed by atoms with Gasteiger partial charge in [-0.2, -0.15) is 0 Å². The number of rotatable bonds is 5. The van der Waals surface area contributed by atoms with Crippen LogP contribution in [0.4, 0.5) is 11.4 Å². The molecule has 0 amide bonds. The Morgan fingerprint density at radius 2 is 2.00 bits per heavy atom. The van der Waals surface area contributed by atoms with Crippen LogP contribution in [0.25, 0.3) is 0 Å². The van der Waals surface area contributed by atoms with Crippen LogP contribution in [-0.2, 0) is 0 Å². The molecule has 5 rings (SSSR count). The molecule has 0 radical (unpaired) electrons. The van der Waals surface area contributed by atoms with Gasteiger partial charge in [-0.15, -0.1) is 0 Å². The van der Waals surface area contributed by atoms with Gasteiger partial charge in [-0.3, -0.25) is 4.79 Å². The van der Waals surface area contributed by atoms with Gasteiger partial charge in [-0.1, -0.05) is 42.0 Å². The highest BCUT2D eigenvalue weighted by molar-refractivity contribution is 5.96. The first kappa shape index (κ1) is 14.6. The Kier molecular flexibility index (Phi) is 3.78. The average molecular weight is 394 g/mol. The summed E-state index contributed by atoms with van der Waals surface area (Å²) in [6.07, 6.45) is 2.10. The second-order valence-electron chi connectivity index (χ2n) is 8.52. The van der Waals surface area contributed by atoms with Crippen LogP contribution in [0.15, 0.2) is 42.5 Å². The fourth-order valence-corrected chi connectivity index (χ4v) is 5.05. The van der Waals surface area contributed by atoms with Gasteiger partial charge < -0.3 is 14.7 Å². The van der Waals surface area contributed by atoms with Gasteiger partial charge in [0.15, 0.2) is 5.78 Å². The van der Waals surface area contributed by atoms with Gasteiger partial charge in [0.25, 0.3) is 0 Å². The zero-order valence-electron chi connectivity index (χ0n) is 21.2. The number of aryl methyl sites for hydroxylation is 1.